The predicted molar refractivity (Wildman–Crippen MR) is 91.6 cm³/mol. The topological polar surface area (TPSA) is 15.3 Å². The Bertz CT molecular complexity index is 427. The molecule has 0 aliphatic carbocycles. The summed E-state index contributed by atoms with van der Waals surface area (Å²) in [5, 5.41) is 3.67. The molecular weight excluding hydrogens is 256 g/mol. The largest absolute Gasteiger partial charge is 0.310 e. The van der Waals surface area contributed by atoms with Crippen LogP contribution in [0.4, 0.5) is 0 Å². The summed E-state index contributed by atoms with van der Waals surface area (Å²) >= 11 is 0. The van der Waals surface area contributed by atoms with Crippen LogP contribution in [0.2, 0.25) is 0 Å². The Morgan fingerprint density at radius 1 is 1.29 bits per heavy atom. The normalized spacial score (nSPS) is 21.1. The number of nitrogens with one attached hydrogen (secondary N) is 1. The van der Waals surface area contributed by atoms with E-state index in [-0.39, 0.29) is 0 Å². The van der Waals surface area contributed by atoms with Gasteiger partial charge < -0.3 is 10.2 Å². The molecule has 0 radical (unpaired) electrons. The van der Waals surface area contributed by atoms with Crippen molar-refractivity contribution in [3.8, 4) is 0 Å². The van der Waals surface area contributed by atoms with Crippen molar-refractivity contribution in [3.63, 3.8) is 0 Å². The van der Waals surface area contributed by atoms with Crippen LogP contribution < -0.4 is 5.32 Å². The van der Waals surface area contributed by atoms with E-state index in [0.717, 1.165) is 18.4 Å². The number of nitrogens with zero attached hydrogens (tertiary/aromatic N) is 1. The van der Waals surface area contributed by atoms with Crippen molar-refractivity contribution in [1.29, 1.82) is 0 Å². The summed E-state index contributed by atoms with van der Waals surface area (Å²) in [6.07, 6.45) is 2.59. The van der Waals surface area contributed by atoms with E-state index in [4.69, 9.17) is 0 Å². The molecule has 0 spiro atoms. The van der Waals surface area contributed by atoms with Crippen LogP contribution in [0.15, 0.2) is 24.3 Å². The van der Waals surface area contributed by atoms with Gasteiger partial charge in [0.05, 0.1) is 0 Å². The zero-order chi connectivity index (χ0) is 15.2. The highest BCUT2D eigenvalue weighted by Crippen LogP contribution is 2.26. The zero-order valence-electron chi connectivity index (χ0n) is 14.2. The number of hydrogen-bond acceptors (Lipinski definition) is 2. The molecule has 1 aromatic carbocycles. The maximum atomic E-state index is 3.67. The SMILES string of the molecule is CCNC(CCN1CCC(C(C)C)C1)c1ccccc1C. The van der Waals surface area contributed by atoms with Crippen LogP contribution in [-0.4, -0.2) is 31.1 Å². The lowest BCUT2D eigenvalue weighted by Crippen LogP contribution is -2.29. The maximum Gasteiger partial charge on any atom is 0.0334 e. The minimum absolute atomic E-state index is 0.495. The smallest absolute Gasteiger partial charge is 0.0334 e. The van der Waals surface area contributed by atoms with Crippen molar-refractivity contribution in [1.82, 2.24) is 10.2 Å². The molecule has 0 saturated carbocycles. The van der Waals surface area contributed by atoms with Crippen LogP contribution in [0.25, 0.3) is 0 Å². The first-order valence-electron chi connectivity index (χ1n) is 8.63. The lowest BCUT2D eigenvalue weighted by molar-refractivity contribution is 0.285. The summed E-state index contributed by atoms with van der Waals surface area (Å²) in [6.45, 7) is 14.0. The minimum Gasteiger partial charge on any atom is -0.310 e. The highest BCUT2D eigenvalue weighted by atomic mass is 15.1. The highest BCUT2D eigenvalue weighted by molar-refractivity contribution is 5.28. The second-order valence-corrected chi connectivity index (χ2v) is 6.85. The Morgan fingerprint density at radius 2 is 2.05 bits per heavy atom. The summed E-state index contributed by atoms with van der Waals surface area (Å²) in [6, 6.07) is 9.30. The lowest BCUT2D eigenvalue weighted by atomic mass is 9.95. The van der Waals surface area contributed by atoms with Crippen LogP contribution in [0.5, 0.6) is 0 Å². The fraction of sp³-hybridized carbons (Fsp3) is 0.684. The predicted octanol–water partition coefficient (Wildman–Crippen LogP) is 4.01. The van der Waals surface area contributed by atoms with Gasteiger partial charge in [-0.2, -0.15) is 0 Å². The standard InChI is InChI=1S/C19H32N2/c1-5-20-19(18-9-7-6-8-16(18)4)11-13-21-12-10-17(14-21)15(2)3/h6-9,15,17,19-20H,5,10-14H2,1-4H3. The molecule has 1 saturated heterocycles. The molecule has 1 aliphatic heterocycles. The van der Waals surface area contributed by atoms with Crippen LogP contribution in [0.3, 0.4) is 0 Å². The van der Waals surface area contributed by atoms with Gasteiger partial charge in [-0.05, 0) is 62.4 Å². The summed E-state index contributed by atoms with van der Waals surface area (Å²) in [5.74, 6) is 1.73. The van der Waals surface area contributed by atoms with Crippen molar-refractivity contribution >= 4 is 0 Å². The molecule has 2 nitrogen and oxygen atoms in total. The third kappa shape index (κ3) is 4.55. The molecule has 0 bridgehead atoms. The Morgan fingerprint density at radius 3 is 2.67 bits per heavy atom. The first-order valence-corrected chi connectivity index (χ1v) is 8.63. The molecule has 118 valence electrons. The highest BCUT2D eigenvalue weighted by Gasteiger charge is 2.25. The average molecular weight is 288 g/mol. The van der Waals surface area contributed by atoms with E-state index in [1.807, 2.05) is 0 Å². The third-order valence-corrected chi connectivity index (χ3v) is 5.00. The first-order chi connectivity index (χ1) is 10.1. The Balaban J connectivity index is 1.91. The van der Waals surface area contributed by atoms with Crippen LogP contribution >= 0.6 is 0 Å². The van der Waals surface area contributed by atoms with Crippen LogP contribution in [0.1, 0.15) is 50.8 Å². The second-order valence-electron chi connectivity index (χ2n) is 6.85. The Labute approximate surface area is 130 Å². The van der Waals surface area contributed by atoms with E-state index in [1.54, 1.807) is 0 Å². The van der Waals surface area contributed by atoms with Crippen molar-refractivity contribution in [2.75, 3.05) is 26.2 Å². The van der Waals surface area contributed by atoms with Crippen molar-refractivity contribution in [2.24, 2.45) is 11.8 Å². The van der Waals surface area contributed by atoms with Gasteiger partial charge in [0.25, 0.3) is 0 Å². The second kappa shape index (κ2) is 7.95. The van der Waals surface area contributed by atoms with Gasteiger partial charge in [-0.15, -0.1) is 0 Å². The van der Waals surface area contributed by atoms with Gasteiger partial charge in [0.15, 0.2) is 0 Å². The van der Waals surface area contributed by atoms with E-state index in [2.05, 4.69) is 62.2 Å². The van der Waals surface area contributed by atoms with Gasteiger partial charge >= 0.3 is 0 Å². The molecule has 1 aromatic rings. The lowest BCUT2D eigenvalue weighted by Gasteiger charge is -2.24. The van der Waals surface area contributed by atoms with Gasteiger partial charge in [-0.25, -0.2) is 0 Å². The molecule has 2 atom stereocenters. The summed E-state index contributed by atoms with van der Waals surface area (Å²) in [7, 11) is 0. The molecule has 1 aliphatic rings. The number of rotatable bonds is 7. The van der Waals surface area contributed by atoms with Gasteiger partial charge in [0.2, 0.25) is 0 Å². The van der Waals surface area contributed by atoms with E-state index < -0.39 is 0 Å². The third-order valence-electron chi connectivity index (χ3n) is 5.00. The van der Waals surface area contributed by atoms with Gasteiger partial charge in [0, 0.05) is 12.6 Å². The van der Waals surface area contributed by atoms with Gasteiger partial charge in [-0.1, -0.05) is 45.0 Å². The van der Waals surface area contributed by atoms with E-state index >= 15 is 0 Å². The molecule has 2 unspecified atom stereocenters. The summed E-state index contributed by atoms with van der Waals surface area (Å²) < 4.78 is 0. The average Bonchev–Trinajstić information content (AvgIpc) is 2.93. The molecule has 21 heavy (non-hydrogen) atoms. The van der Waals surface area contributed by atoms with E-state index in [1.165, 1.54) is 43.6 Å². The fourth-order valence-corrected chi connectivity index (χ4v) is 3.51. The summed E-state index contributed by atoms with van der Waals surface area (Å²) in [4.78, 5) is 2.66. The number of hydrogen-bond donors (Lipinski definition) is 1. The monoisotopic (exact) mass is 288 g/mol. The Hall–Kier alpha value is -0.860. The molecule has 0 amide bonds. The van der Waals surface area contributed by atoms with E-state index in [9.17, 15) is 0 Å². The Kier molecular flexibility index (Phi) is 6.25. The first kappa shape index (κ1) is 16.5. The molecule has 1 heterocycles. The zero-order valence-corrected chi connectivity index (χ0v) is 14.2. The summed E-state index contributed by atoms with van der Waals surface area (Å²) in [5.41, 5.74) is 2.88. The van der Waals surface area contributed by atoms with Crippen LogP contribution in [-0.2, 0) is 0 Å². The number of benzene rings is 1. The molecule has 2 rings (SSSR count). The minimum atomic E-state index is 0.495. The van der Waals surface area contributed by atoms with E-state index in [0.29, 0.717) is 6.04 Å². The molecule has 1 N–H and O–H groups in total. The van der Waals surface area contributed by atoms with Crippen molar-refractivity contribution < 1.29 is 0 Å². The quantitative estimate of drug-likeness (QED) is 0.815. The molecule has 0 aromatic heterocycles. The fourth-order valence-electron chi connectivity index (χ4n) is 3.51. The van der Waals surface area contributed by atoms with Gasteiger partial charge in [0.1, 0.15) is 0 Å². The molecular formula is C19H32N2. The molecule has 1 fully saturated rings. The van der Waals surface area contributed by atoms with Crippen LogP contribution in [0, 0.1) is 18.8 Å². The van der Waals surface area contributed by atoms with Crippen molar-refractivity contribution in [3.05, 3.63) is 35.4 Å². The molecule has 2 heteroatoms. The van der Waals surface area contributed by atoms with Crippen molar-refractivity contribution in [2.45, 2.75) is 46.6 Å². The van der Waals surface area contributed by atoms with Gasteiger partial charge in [-0.3, -0.25) is 0 Å². The number of likely N-dealkylation sites (tertiary alicyclic amines) is 1. The number of aryl methyl sites for hydroxylation is 1. The maximum absolute atomic E-state index is 3.67.